The molecule has 4 heteroatoms. The quantitative estimate of drug-likeness (QED) is 0.866. The molecule has 1 N–H and O–H groups in total. The zero-order valence-electron chi connectivity index (χ0n) is 12.5. The number of nitriles is 1. The summed E-state index contributed by atoms with van der Waals surface area (Å²) in [6, 6.07) is 9.87. The molecule has 0 amide bonds. The zero-order chi connectivity index (χ0) is 16.2. The molecule has 1 aromatic rings. The number of methoxy groups -OCH3 is 1. The number of ether oxygens (including phenoxy) is 1. The molecular weight excluding hydrogens is 278 g/mol. The van der Waals surface area contributed by atoms with Crippen molar-refractivity contribution in [2.45, 2.75) is 12.3 Å². The summed E-state index contributed by atoms with van der Waals surface area (Å²) in [4.78, 5) is 10.7. The second-order valence-corrected chi connectivity index (χ2v) is 5.27. The van der Waals surface area contributed by atoms with Crippen LogP contribution in [0.25, 0.3) is 0 Å². The number of allylic oxidation sites excluding steroid dienone is 5. The van der Waals surface area contributed by atoms with Gasteiger partial charge in [0.25, 0.3) is 0 Å². The van der Waals surface area contributed by atoms with Gasteiger partial charge in [-0.15, -0.1) is 0 Å². The van der Waals surface area contributed by atoms with Gasteiger partial charge in [0.05, 0.1) is 19.1 Å². The molecule has 0 heterocycles. The van der Waals surface area contributed by atoms with Crippen molar-refractivity contribution in [2.75, 3.05) is 7.11 Å². The molecule has 0 bridgehead atoms. The van der Waals surface area contributed by atoms with E-state index in [1.165, 1.54) is 6.08 Å². The number of benzene rings is 1. The number of nitrogens with zero attached hydrogens (tertiary/aromatic N) is 1. The number of carbonyl (C=O) groups is 1. The first-order valence-electron chi connectivity index (χ1n) is 6.86. The number of hydrogen-bond donors (Lipinski definition) is 1. The summed E-state index contributed by atoms with van der Waals surface area (Å²) in [6.07, 6.45) is 8.16. The van der Waals surface area contributed by atoms with Crippen LogP contribution in [0.5, 0.6) is 5.75 Å². The maximum atomic E-state index is 10.7. The molecule has 2 unspecified atom stereocenters. The number of rotatable bonds is 4. The SMILES string of the molecule is COc1ccc(C2(C)C=CC=C(/C=C/C(=O)O)C2C#N)cc1. The van der Waals surface area contributed by atoms with Gasteiger partial charge in [0.2, 0.25) is 0 Å². The van der Waals surface area contributed by atoms with E-state index in [1.807, 2.05) is 43.3 Å². The molecule has 1 aliphatic rings. The van der Waals surface area contributed by atoms with Gasteiger partial charge >= 0.3 is 5.97 Å². The normalized spacial score (nSPS) is 23.9. The van der Waals surface area contributed by atoms with E-state index in [0.29, 0.717) is 5.57 Å². The van der Waals surface area contributed by atoms with Crippen LogP contribution >= 0.6 is 0 Å². The molecule has 0 radical (unpaired) electrons. The molecule has 0 fully saturated rings. The van der Waals surface area contributed by atoms with Crippen LogP contribution < -0.4 is 4.74 Å². The van der Waals surface area contributed by atoms with Crippen LogP contribution in [0, 0.1) is 17.2 Å². The lowest BCUT2D eigenvalue weighted by molar-refractivity contribution is -0.131. The van der Waals surface area contributed by atoms with Gasteiger partial charge in [-0.2, -0.15) is 5.26 Å². The van der Waals surface area contributed by atoms with Crippen LogP contribution in [0.2, 0.25) is 0 Å². The minimum atomic E-state index is -1.03. The lowest BCUT2D eigenvalue weighted by atomic mass is 9.67. The maximum Gasteiger partial charge on any atom is 0.328 e. The second-order valence-electron chi connectivity index (χ2n) is 5.27. The van der Waals surface area contributed by atoms with E-state index in [0.717, 1.165) is 17.4 Å². The lowest BCUT2D eigenvalue weighted by Gasteiger charge is -2.34. The summed E-state index contributed by atoms with van der Waals surface area (Å²) >= 11 is 0. The highest BCUT2D eigenvalue weighted by Crippen LogP contribution is 2.41. The van der Waals surface area contributed by atoms with Crippen LogP contribution in [-0.4, -0.2) is 18.2 Å². The van der Waals surface area contributed by atoms with Crippen molar-refractivity contribution in [1.29, 1.82) is 5.26 Å². The van der Waals surface area contributed by atoms with E-state index in [-0.39, 0.29) is 0 Å². The van der Waals surface area contributed by atoms with Crippen molar-refractivity contribution in [3.63, 3.8) is 0 Å². The highest BCUT2D eigenvalue weighted by molar-refractivity contribution is 5.80. The van der Waals surface area contributed by atoms with Crippen molar-refractivity contribution in [2.24, 2.45) is 5.92 Å². The number of hydrogen-bond acceptors (Lipinski definition) is 3. The van der Waals surface area contributed by atoms with Crippen LogP contribution in [0.1, 0.15) is 12.5 Å². The molecule has 2 atom stereocenters. The van der Waals surface area contributed by atoms with E-state index >= 15 is 0 Å². The average molecular weight is 295 g/mol. The van der Waals surface area contributed by atoms with E-state index in [9.17, 15) is 10.1 Å². The van der Waals surface area contributed by atoms with Gasteiger partial charge in [-0.3, -0.25) is 0 Å². The zero-order valence-corrected chi connectivity index (χ0v) is 12.5. The van der Waals surface area contributed by atoms with Gasteiger partial charge < -0.3 is 9.84 Å². The number of carboxylic acid groups (broad SMARTS) is 1. The standard InChI is InChI=1S/C18H17NO3/c1-18(14-6-8-15(22-2)9-7-14)11-3-4-13(16(18)12-19)5-10-17(20)21/h3-11,16H,1-2H3,(H,20,21)/b10-5+. The van der Waals surface area contributed by atoms with E-state index in [2.05, 4.69) is 6.07 Å². The Kier molecular flexibility index (Phi) is 4.47. The number of aliphatic carboxylic acids is 1. The van der Waals surface area contributed by atoms with Crippen molar-refractivity contribution < 1.29 is 14.6 Å². The van der Waals surface area contributed by atoms with Gasteiger partial charge in [-0.25, -0.2) is 4.79 Å². The lowest BCUT2D eigenvalue weighted by Crippen LogP contribution is -2.31. The Bertz CT molecular complexity index is 692. The molecule has 1 aliphatic carbocycles. The third-order valence-corrected chi connectivity index (χ3v) is 3.92. The molecule has 0 saturated heterocycles. The minimum Gasteiger partial charge on any atom is -0.497 e. The number of carboxylic acids is 1. The Morgan fingerprint density at radius 3 is 2.64 bits per heavy atom. The molecular formula is C18H17NO3. The topological polar surface area (TPSA) is 70.3 Å². The molecule has 0 spiro atoms. The first-order valence-corrected chi connectivity index (χ1v) is 6.86. The Morgan fingerprint density at radius 1 is 1.41 bits per heavy atom. The van der Waals surface area contributed by atoms with E-state index in [4.69, 9.17) is 9.84 Å². The average Bonchev–Trinajstić information content (AvgIpc) is 2.53. The molecule has 4 nitrogen and oxygen atoms in total. The smallest absolute Gasteiger partial charge is 0.328 e. The Balaban J connectivity index is 2.41. The fraction of sp³-hybridized carbons (Fsp3) is 0.222. The summed E-state index contributed by atoms with van der Waals surface area (Å²) < 4.78 is 5.16. The van der Waals surface area contributed by atoms with Crippen LogP contribution in [-0.2, 0) is 10.2 Å². The molecule has 22 heavy (non-hydrogen) atoms. The maximum absolute atomic E-state index is 10.7. The molecule has 0 saturated carbocycles. The minimum absolute atomic E-state index is 0.457. The molecule has 112 valence electrons. The third-order valence-electron chi connectivity index (χ3n) is 3.92. The highest BCUT2D eigenvalue weighted by atomic mass is 16.5. The van der Waals surface area contributed by atoms with Gasteiger partial charge in [-0.1, -0.05) is 43.4 Å². The van der Waals surface area contributed by atoms with Crippen LogP contribution in [0.3, 0.4) is 0 Å². The molecule has 0 aliphatic heterocycles. The fourth-order valence-corrected chi connectivity index (χ4v) is 2.64. The van der Waals surface area contributed by atoms with Crippen molar-refractivity contribution in [1.82, 2.24) is 0 Å². The monoisotopic (exact) mass is 295 g/mol. The first kappa shape index (κ1) is 15.6. The Hall–Kier alpha value is -2.80. The van der Waals surface area contributed by atoms with Crippen molar-refractivity contribution in [3.8, 4) is 11.8 Å². The molecule has 0 aromatic heterocycles. The second kappa shape index (κ2) is 6.31. The van der Waals surface area contributed by atoms with Gasteiger partial charge in [0, 0.05) is 11.5 Å². The van der Waals surface area contributed by atoms with Crippen LogP contribution in [0.15, 0.2) is 60.2 Å². The Morgan fingerprint density at radius 2 is 2.09 bits per heavy atom. The van der Waals surface area contributed by atoms with Crippen molar-refractivity contribution >= 4 is 5.97 Å². The fourth-order valence-electron chi connectivity index (χ4n) is 2.64. The summed E-state index contributed by atoms with van der Waals surface area (Å²) in [6.45, 7) is 1.97. The summed E-state index contributed by atoms with van der Waals surface area (Å²) in [7, 11) is 1.60. The predicted octanol–water partition coefficient (Wildman–Crippen LogP) is 3.23. The molecule has 2 rings (SSSR count). The van der Waals surface area contributed by atoms with Crippen molar-refractivity contribution in [3.05, 3.63) is 65.8 Å². The Labute approximate surface area is 129 Å². The van der Waals surface area contributed by atoms with E-state index in [1.54, 1.807) is 13.2 Å². The molecule has 1 aromatic carbocycles. The van der Waals surface area contributed by atoms with Gasteiger partial charge in [0.15, 0.2) is 0 Å². The van der Waals surface area contributed by atoms with Crippen LogP contribution in [0.4, 0.5) is 0 Å². The van der Waals surface area contributed by atoms with Gasteiger partial charge in [-0.05, 0) is 23.3 Å². The van der Waals surface area contributed by atoms with E-state index < -0.39 is 17.3 Å². The summed E-state index contributed by atoms with van der Waals surface area (Å²) in [5.41, 5.74) is 1.14. The summed E-state index contributed by atoms with van der Waals surface area (Å²) in [5.74, 6) is -0.734. The first-order chi connectivity index (χ1) is 10.5. The highest BCUT2D eigenvalue weighted by Gasteiger charge is 2.37. The third kappa shape index (κ3) is 2.94. The summed E-state index contributed by atoms with van der Waals surface area (Å²) in [5, 5.41) is 18.4. The van der Waals surface area contributed by atoms with Gasteiger partial charge in [0.1, 0.15) is 5.75 Å². The predicted molar refractivity (Wildman–Crippen MR) is 83.4 cm³/mol. The largest absolute Gasteiger partial charge is 0.497 e.